The molecule has 0 saturated carbocycles. The van der Waals surface area contributed by atoms with Crippen molar-refractivity contribution in [2.45, 2.75) is 32.9 Å². The van der Waals surface area contributed by atoms with Crippen molar-refractivity contribution in [2.75, 3.05) is 0 Å². The summed E-state index contributed by atoms with van der Waals surface area (Å²) < 4.78 is 7.84. The number of aromatic nitrogens is 2. The Morgan fingerprint density at radius 3 is 2.71 bits per heavy atom. The van der Waals surface area contributed by atoms with Gasteiger partial charge in [0.1, 0.15) is 5.75 Å². The molecule has 0 bridgehead atoms. The topological polar surface area (TPSA) is 56.1 Å². The molecule has 3 aromatic rings. The summed E-state index contributed by atoms with van der Waals surface area (Å²) in [5.74, 6) is 0.646. The number of nitrogens with one attached hydrogen (secondary N) is 1. The van der Waals surface area contributed by atoms with Crippen molar-refractivity contribution in [1.29, 1.82) is 0 Å². The average molecular weight is 375 g/mol. The molecule has 3 rings (SSSR count). The Hall–Kier alpha value is -3.34. The van der Waals surface area contributed by atoms with E-state index >= 15 is 0 Å². The Bertz CT molecular complexity index is 915. The van der Waals surface area contributed by atoms with Crippen molar-refractivity contribution in [3.63, 3.8) is 0 Å². The second-order valence-corrected chi connectivity index (χ2v) is 6.56. The monoisotopic (exact) mass is 375 g/mol. The minimum atomic E-state index is -0.142. The molecule has 0 fully saturated rings. The zero-order valence-electron chi connectivity index (χ0n) is 16.2. The highest BCUT2D eigenvalue weighted by Gasteiger charge is 2.05. The predicted octanol–water partition coefficient (Wildman–Crippen LogP) is 4.38. The van der Waals surface area contributed by atoms with Crippen LogP contribution in [0.25, 0.3) is 11.8 Å². The molecule has 1 N–H and O–H groups in total. The molecule has 0 aliphatic rings. The molecular weight excluding hydrogens is 350 g/mol. The van der Waals surface area contributed by atoms with Gasteiger partial charge in [-0.1, -0.05) is 37.3 Å². The first kappa shape index (κ1) is 19.4. The first-order chi connectivity index (χ1) is 13.7. The van der Waals surface area contributed by atoms with Crippen LogP contribution >= 0.6 is 0 Å². The maximum atomic E-state index is 12.2. The standard InChI is InChI=1S/C23H25N3O2/c1-3-18(2)28-22-7-5-4-6-20(22)10-13-23(27)25-16-19-8-11-21(12-9-19)26-15-14-24-17-26/h4-15,17-18H,3,16H2,1-2H3,(H,25,27)/b13-10+. The summed E-state index contributed by atoms with van der Waals surface area (Å²) in [5.41, 5.74) is 2.96. The summed E-state index contributed by atoms with van der Waals surface area (Å²) in [7, 11) is 0. The Balaban J connectivity index is 1.56. The number of hydrogen-bond acceptors (Lipinski definition) is 3. The molecule has 144 valence electrons. The molecule has 0 spiro atoms. The van der Waals surface area contributed by atoms with E-state index in [1.165, 1.54) is 0 Å². The lowest BCUT2D eigenvalue weighted by atomic mass is 10.1. The number of rotatable bonds is 8. The number of benzene rings is 2. The lowest BCUT2D eigenvalue weighted by molar-refractivity contribution is -0.116. The van der Waals surface area contributed by atoms with Crippen LogP contribution in [0.4, 0.5) is 0 Å². The van der Waals surface area contributed by atoms with E-state index in [4.69, 9.17) is 4.74 Å². The summed E-state index contributed by atoms with van der Waals surface area (Å²) >= 11 is 0. The Labute approximate surface area is 165 Å². The highest BCUT2D eigenvalue weighted by Crippen LogP contribution is 2.21. The van der Waals surface area contributed by atoms with E-state index in [0.717, 1.165) is 29.0 Å². The summed E-state index contributed by atoms with van der Waals surface area (Å²) in [6.45, 7) is 4.59. The van der Waals surface area contributed by atoms with Gasteiger partial charge in [-0.2, -0.15) is 0 Å². The van der Waals surface area contributed by atoms with Crippen LogP contribution < -0.4 is 10.1 Å². The highest BCUT2D eigenvalue weighted by atomic mass is 16.5. The maximum Gasteiger partial charge on any atom is 0.244 e. The van der Waals surface area contributed by atoms with Crippen LogP contribution in [0.5, 0.6) is 5.75 Å². The van der Waals surface area contributed by atoms with Gasteiger partial charge < -0.3 is 14.6 Å². The third-order valence-electron chi connectivity index (χ3n) is 4.44. The molecule has 5 heteroatoms. The Kier molecular flexibility index (Phi) is 6.63. The molecule has 1 atom stereocenters. The summed E-state index contributed by atoms with van der Waals surface area (Å²) in [6.07, 6.45) is 9.78. The van der Waals surface area contributed by atoms with Crippen molar-refractivity contribution in [1.82, 2.24) is 14.9 Å². The van der Waals surface area contributed by atoms with E-state index in [1.807, 2.05) is 66.2 Å². The predicted molar refractivity (Wildman–Crippen MR) is 111 cm³/mol. The van der Waals surface area contributed by atoms with E-state index in [9.17, 15) is 4.79 Å². The van der Waals surface area contributed by atoms with Crippen LogP contribution in [0.15, 0.2) is 73.3 Å². The molecule has 1 aromatic heterocycles. The maximum absolute atomic E-state index is 12.2. The summed E-state index contributed by atoms with van der Waals surface area (Å²) in [4.78, 5) is 16.2. The van der Waals surface area contributed by atoms with Crippen LogP contribution in [-0.2, 0) is 11.3 Å². The molecule has 1 unspecified atom stereocenters. The number of hydrogen-bond donors (Lipinski definition) is 1. The quantitative estimate of drug-likeness (QED) is 0.595. The van der Waals surface area contributed by atoms with Gasteiger partial charge in [-0.3, -0.25) is 4.79 Å². The molecule has 28 heavy (non-hydrogen) atoms. The van der Waals surface area contributed by atoms with Gasteiger partial charge in [-0.25, -0.2) is 4.98 Å². The number of imidazole rings is 1. The number of nitrogens with zero attached hydrogens (tertiary/aromatic N) is 2. The summed E-state index contributed by atoms with van der Waals surface area (Å²) in [6, 6.07) is 15.7. The summed E-state index contributed by atoms with van der Waals surface area (Å²) in [5, 5.41) is 2.91. The van der Waals surface area contributed by atoms with Gasteiger partial charge in [0, 0.05) is 36.3 Å². The van der Waals surface area contributed by atoms with Crippen LogP contribution in [0.3, 0.4) is 0 Å². The number of para-hydroxylation sites is 1. The van der Waals surface area contributed by atoms with Crippen molar-refractivity contribution < 1.29 is 9.53 Å². The van der Waals surface area contributed by atoms with Gasteiger partial charge in [-0.05, 0) is 43.2 Å². The van der Waals surface area contributed by atoms with Crippen LogP contribution in [0.1, 0.15) is 31.4 Å². The molecule has 5 nitrogen and oxygen atoms in total. The largest absolute Gasteiger partial charge is 0.490 e. The molecule has 0 radical (unpaired) electrons. The highest BCUT2D eigenvalue weighted by molar-refractivity contribution is 5.92. The molecule has 0 aliphatic heterocycles. The lowest BCUT2D eigenvalue weighted by Crippen LogP contribution is -2.20. The fourth-order valence-electron chi connectivity index (χ4n) is 2.64. The van der Waals surface area contributed by atoms with Crippen LogP contribution in [0, 0.1) is 0 Å². The van der Waals surface area contributed by atoms with E-state index in [0.29, 0.717) is 6.54 Å². The molecule has 1 amide bonds. The molecule has 1 heterocycles. The fourth-order valence-corrected chi connectivity index (χ4v) is 2.64. The van der Waals surface area contributed by atoms with E-state index in [-0.39, 0.29) is 12.0 Å². The second-order valence-electron chi connectivity index (χ2n) is 6.56. The SMILES string of the molecule is CCC(C)Oc1ccccc1/C=C/C(=O)NCc1ccc(-n2ccnc2)cc1. The van der Waals surface area contributed by atoms with Gasteiger partial charge in [0.2, 0.25) is 5.91 Å². The van der Waals surface area contributed by atoms with E-state index < -0.39 is 0 Å². The zero-order valence-corrected chi connectivity index (χ0v) is 16.2. The van der Waals surface area contributed by atoms with E-state index in [2.05, 4.69) is 17.2 Å². The van der Waals surface area contributed by atoms with Crippen molar-refractivity contribution in [3.8, 4) is 11.4 Å². The van der Waals surface area contributed by atoms with Crippen molar-refractivity contribution >= 4 is 12.0 Å². The van der Waals surface area contributed by atoms with Gasteiger partial charge in [0.05, 0.1) is 12.4 Å². The molecule has 2 aromatic carbocycles. The fraction of sp³-hybridized carbons (Fsp3) is 0.217. The third kappa shape index (κ3) is 5.33. The van der Waals surface area contributed by atoms with Crippen molar-refractivity contribution in [2.24, 2.45) is 0 Å². The molecule has 0 aliphatic carbocycles. The Morgan fingerprint density at radius 2 is 2.00 bits per heavy atom. The lowest BCUT2D eigenvalue weighted by Gasteiger charge is -2.14. The van der Waals surface area contributed by atoms with Gasteiger partial charge >= 0.3 is 0 Å². The minimum absolute atomic E-state index is 0.133. The second kappa shape index (κ2) is 9.55. The Morgan fingerprint density at radius 1 is 1.21 bits per heavy atom. The van der Waals surface area contributed by atoms with Gasteiger partial charge in [-0.15, -0.1) is 0 Å². The van der Waals surface area contributed by atoms with Gasteiger partial charge in [0.25, 0.3) is 0 Å². The first-order valence-electron chi connectivity index (χ1n) is 9.44. The number of ether oxygens (including phenoxy) is 1. The van der Waals surface area contributed by atoms with Crippen LogP contribution in [0.2, 0.25) is 0 Å². The normalized spacial score (nSPS) is 12.1. The van der Waals surface area contributed by atoms with Gasteiger partial charge in [0.15, 0.2) is 0 Å². The first-order valence-corrected chi connectivity index (χ1v) is 9.44. The molecular formula is C23H25N3O2. The number of carbonyl (C=O) groups is 1. The number of carbonyl (C=O) groups excluding carboxylic acids is 1. The zero-order chi connectivity index (χ0) is 19.8. The smallest absolute Gasteiger partial charge is 0.244 e. The molecule has 0 saturated heterocycles. The number of amides is 1. The van der Waals surface area contributed by atoms with Crippen LogP contribution in [-0.4, -0.2) is 21.6 Å². The third-order valence-corrected chi connectivity index (χ3v) is 4.44. The minimum Gasteiger partial charge on any atom is -0.490 e. The average Bonchev–Trinajstić information content (AvgIpc) is 3.27. The van der Waals surface area contributed by atoms with E-state index in [1.54, 1.807) is 24.7 Å². The van der Waals surface area contributed by atoms with Crippen molar-refractivity contribution in [3.05, 3.63) is 84.5 Å².